The molecule has 0 atom stereocenters. The first-order chi connectivity index (χ1) is 9.10. The fraction of sp³-hybridized carbons (Fsp3) is 0.500. The molecule has 4 nitrogen and oxygen atoms in total. The standard InChI is InChI=1S/C14H18FNO3/c1-16-7-5-10(6-8-16)19-14(17)12-4-3-11(18-2)9-13(12)15/h3-4,9-10H,5-8H2,1-2H3. The van der Waals surface area contributed by atoms with Crippen LogP contribution in [0.5, 0.6) is 5.75 Å². The number of halogens is 1. The Bertz CT molecular complexity index is 456. The zero-order chi connectivity index (χ0) is 13.8. The number of carbonyl (C=O) groups excluding carboxylic acids is 1. The summed E-state index contributed by atoms with van der Waals surface area (Å²) >= 11 is 0. The van der Waals surface area contributed by atoms with Crippen LogP contribution in [-0.4, -0.2) is 44.2 Å². The molecule has 1 aromatic carbocycles. The predicted molar refractivity (Wildman–Crippen MR) is 68.9 cm³/mol. The van der Waals surface area contributed by atoms with Gasteiger partial charge in [0.25, 0.3) is 0 Å². The molecule has 1 aromatic rings. The molecule has 2 rings (SSSR count). The number of rotatable bonds is 3. The Labute approximate surface area is 112 Å². The first kappa shape index (κ1) is 13.8. The average molecular weight is 267 g/mol. The second kappa shape index (κ2) is 6.02. The highest BCUT2D eigenvalue weighted by molar-refractivity contribution is 5.90. The van der Waals surface area contributed by atoms with E-state index in [2.05, 4.69) is 4.90 Å². The molecule has 0 unspecified atom stereocenters. The Hall–Kier alpha value is -1.62. The summed E-state index contributed by atoms with van der Waals surface area (Å²) < 4.78 is 23.9. The smallest absolute Gasteiger partial charge is 0.341 e. The monoisotopic (exact) mass is 267 g/mol. The summed E-state index contributed by atoms with van der Waals surface area (Å²) in [5, 5.41) is 0. The van der Waals surface area contributed by atoms with E-state index >= 15 is 0 Å². The lowest BCUT2D eigenvalue weighted by Crippen LogP contribution is -2.35. The molecule has 1 saturated heterocycles. The number of benzene rings is 1. The van der Waals surface area contributed by atoms with Crippen LogP contribution in [0.1, 0.15) is 23.2 Å². The number of ether oxygens (including phenoxy) is 2. The summed E-state index contributed by atoms with van der Waals surface area (Å²) in [7, 11) is 3.48. The molecule has 5 heteroatoms. The minimum absolute atomic E-state index is 0.0419. The topological polar surface area (TPSA) is 38.8 Å². The molecule has 19 heavy (non-hydrogen) atoms. The predicted octanol–water partition coefficient (Wildman–Crippen LogP) is 2.09. The van der Waals surface area contributed by atoms with Crippen molar-refractivity contribution in [3.8, 4) is 5.75 Å². The van der Waals surface area contributed by atoms with Gasteiger partial charge in [0.05, 0.1) is 12.7 Å². The number of esters is 1. The third-order valence-electron chi connectivity index (χ3n) is 3.34. The van der Waals surface area contributed by atoms with Gasteiger partial charge in [-0.15, -0.1) is 0 Å². The van der Waals surface area contributed by atoms with Crippen LogP contribution in [0, 0.1) is 5.82 Å². The second-order valence-electron chi connectivity index (χ2n) is 4.75. The van der Waals surface area contributed by atoms with Crippen molar-refractivity contribution < 1.29 is 18.7 Å². The lowest BCUT2D eigenvalue weighted by Gasteiger charge is -2.28. The van der Waals surface area contributed by atoms with Crippen molar-refractivity contribution in [2.24, 2.45) is 0 Å². The number of hydrogen-bond donors (Lipinski definition) is 0. The zero-order valence-electron chi connectivity index (χ0n) is 11.2. The van der Waals surface area contributed by atoms with Crippen molar-refractivity contribution >= 4 is 5.97 Å². The number of piperidine rings is 1. The quantitative estimate of drug-likeness (QED) is 0.786. The van der Waals surface area contributed by atoms with Gasteiger partial charge in [-0.25, -0.2) is 9.18 Å². The third-order valence-corrected chi connectivity index (χ3v) is 3.34. The Balaban J connectivity index is 2.00. The van der Waals surface area contributed by atoms with Gasteiger partial charge < -0.3 is 14.4 Å². The largest absolute Gasteiger partial charge is 0.497 e. The van der Waals surface area contributed by atoms with E-state index in [0.29, 0.717) is 5.75 Å². The first-order valence-electron chi connectivity index (χ1n) is 6.33. The molecule has 0 saturated carbocycles. The molecule has 0 spiro atoms. The van der Waals surface area contributed by atoms with Crippen LogP contribution < -0.4 is 4.74 Å². The molecule has 1 heterocycles. The van der Waals surface area contributed by atoms with Crippen molar-refractivity contribution in [3.05, 3.63) is 29.6 Å². The Kier molecular flexibility index (Phi) is 4.37. The molecule has 0 radical (unpaired) electrons. The molecule has 1 aliphatic rings. The van der Waals surface area contributed by atoms with Gasteiger partial charge in [0.2, 0.25) is 0 Å². The Morgan fingerprint density at radius 2 is 2.05 bits per heavy atom. The third kappa shape index (κ3) is 3.44. The lowest BCUT2D eigenvalue weighted by atomic mass is 10.1. The highest BCUT2D eigenvalue weighted by Gasteiger charge is 2.22. The normalized spacial score (nSPS) is 17.2. The molecule has 1 aliphatic heterocycles. The van der Waals surface area contributed by atoms with Gasteiger partial charge in [0, 0.05) is 19.2 Å². The van der Waals surface area contributed by atoms with Crippen molar-refractivity contribution in [3.63, 3.8) is 0 Å². The minimum Gasteiger partial charge on any atom is -0.497 e. The molecular weight excluding hydrogens is 249 g/mol. The molecular formula is C14H18FNO3. The summed E-state index contributed by atoms with van der Waals surface area (Å²) in [4.78, 5) is 14.1. The highest BCUT2D eigenvalue weighted by Crippen LogP contribution is 2.19. The van der Waals surface area contributed by atoms with Gasteiger partial charge in [0.15, 0.2) is 0 Å². The minimum atomic E-state index is -0.614. The molecule has 0 aromatic heterocycles. The van der Waals surface area contributed by atoms with Gasteiger partial charge >= 0.3 is 5.97 Å². The van der Waals surface area contributed by atoms with Crippen molar-refractivity contribution in [1.82, 2.24) is 4.90 Å². The average Bonchev–Trinajstić information content (AvgIpc) is 2.41. The molecule has 1 fully saturated rings. The van der Waals surface area contributed by atoms with E-state index in [0.717, 1.165) is 25.9 Å². The summed E-state index contributed by atoms with van der Waals surface area (Å²) in [6.45, 7) is 1.78. The van der Waals surface area contributed by atoms with E-state index < -0.39 is 11.8 Å². The first-order valence-corrected chi connectivity index (χ1v) is 6.33. The van der Waals surface area contributed by atoms with E-state index in [9.17, 15) is 9.18 Å². The van der Waals surface area contributed by atoms with Crippen LogP contribution in [0.2, 0.25) is 0 Å². The number of methoxy groups -OCH3 is 1. The van der Waals surface area contributed by atoms with Crippen molar-refractivity contribution in [2.75, 3.05) is 27.2 Å². The van der Waals surface area contributed by atoms with Gasteiger partial charge in [0.1, 0.15) is 17.7 Å². The Morgan fingerprint density at radius 1 is 1.37 bits per heavy atom. The van der Waals surface area contributed by atoms with Gasteiger partial charge in [-0.05, 0) is 32.0 Å². The summed E-state index contributed by atoms with van der Waals surface area (Å²) in [5.74, 6) is -0.833. The van der Waals surface area contributed by atoms with Crippen LogP contribution in [-0.2, 0) is 4.74 Å². The Morgan fingerprint density at radius 3 is 2.63 bits per heavy atom. The molecule has 0 amide bonds. The van der Waals surface area contributed by atoms with Crippen LogP contribution in [0.15, 0.2) is 18.2 Å². The van der Waals surface area contributed by atoms with Gasteiger partial charge in [-0.3, -0.25) is 0 Å². The molecule has 0 N–H and O–H groups in total. The number of nitrogens with zero attached hydrogens (tertiary/aromatic N) is 1. The van der Waals surface area contributed by atoms with E-state index in [1.165, 1.54) is 19.2 Å². The van der Waals surface area contributed by atoms with E-state index in [1.54, 1.807) is 6.07 Å². The van der Waals surface area contributed by atoms with Crippen LogP contribution in [0.25, 0.3) is 0 Å². The summed E-state index contributed by atoms with van der Waals surface area (Å²) in [6.07, 6.45) is 1.46. The zero-order valence-corrected chi connectivity index (χ0v) is 11.2. The number of likely N-dealkylation sites (tertiary alicyclic amines) is 1. The van der Waals surface area contributed by atoms with E-state index in [-0.39, 0.29) is 11.7 Å². The fourth-order valence-corrected chi connectivity index (χ4v) is 2.11. The summed E-state index contributed by atoms with van der Waals surface area (Å²) in [6, 6.07) is 4.13. The molecule has 0 aliphatic carbocycles. The van der Waals surface area contributed by atoms with Gasteiger partial charge in [-0.1, -0.05) is 0 Å². The maximum absolute atomic E-state index is 13.7. The summed E-state index contributed by atoms with van der Waals surface area (Å²) in [5.41, 5.74) is -0.0419. The van der Waals surface area contributed by atoms with Crippen LogP contribution in [0.3, 0.4) is 0 Å². The molecule has 0 bridgehead atoms. The fourth-order valence-electron chi connectivity index (χ4n) is 2.11. The van der Waals surface area contributed by atoms with E-state index in [4.69, 9.17) is 9.47 Å². The SMILES string of the molecule is COc1ccc(C(=O)OC2CCN(C)CC2)c(F)c1. The van der Waals surface area contributed by atoms with E-state index in [1.807, 2.05) is 7.05 Å². The van der Waals surface area contributed by atoms with Crippen molar-refractivity contribution in [1.29, 1.82) is 0 Å². The van der Waals surface area contributed by atoms with Crippen molar-refractivity contribution in [2.45, 2.75) is 18.9 Å². The maximum atomic E-state index is 13.7. The molecule has 104 valence electrons. The highest BCUT2D eigenvalue weighted by atomic mass is 19.1. The maximum Gasteiger partial charge on any atom is 0.341 e. The van der Waals surface area contributed by atoms with Crippen LogP contribution >= 0.6 is 0 Å². The number of carbonyl (C=O) groups is 1. The lowest BCUT2D eigenvalue weighted by molar-refractivity contribution is 0.0135. The van der Waals surface area contributed by atoms with Gasteiger partial charge in [-0.2, -0.15) is 0 Å². The second-order valence-corrected chi connectivity index (χ2v) is 4.75. The van der Waals surface area contributed by atoms with Crippen LogP contribution in [0.4, 0.5) is 4.39 Å². The number of hydrogen-bond acceptors (Lipinski definition) is 4.